The lowest BCUT2D eigenvalue weighted by Crippen LogP contribution is -2.57. The monoisotopic (exact) mass is 246 g/mol. The van der Waals surface area contributed by atoms with Gasteiger partial charge in [-0.05, 0) is 51.6 Å². The molecule has 1 aliphatic rings. The van der Waals surface area contributed by atoms with E-state index >= 15 is 0 Å². The number of carbonyl (C=O) groups is 1. The summed E-state index contributed by atoms with van der Waals surface area (Å²) in [5.41, 5.74) is 3.25. The van der Waals surface area contributed by atoms with Crippen molar-refractivity contribution in [2.24, 2.45) is 0 Å². The minimum absolute atomic E-state index is 0.190. The number of nitrogens with zero attached hydrogens (tertiary/aromatic N) is 2. The lowest BCUT2D eigenvalue weighted by atomic mass is 9.98. The zero-order valence-electron chi connectivity index (χ0n) is 11.7. The number of rotatable bonds is 2. The lowest BCUT2D eigenvalue weighted by molar-refractivity contribution is 0.112. The van der Waals surface area contributed by atoms with Crippen LogP contribution < -0.4 is 4.90 Å². The number of benzene rings is 1. The molecular weight excluding hydrogens is 224 g/mol. The predicted molar refractivity (Wildman–Crippen MR) is 75.5 cm³/mol. The minimum Gasteiger partial charge on any atom is -0.368 e. The topological polar surface area (TPSA) is 23.6 Å². The van der Waals surface area contributed by atoms with Crippen molar-refractivity contribution in [1.82, 2.24) is 4.90 Å². The van der Waals surface area contributed by atoms with Gasteiger partial charge >= 0.3 is 0 Å². The molecule has 1 heterocycles. The third kappa shape index (κ3) is 2.41. The fraction of sp³-hybridized carbons (Fsp3) is 0.533. The van der Waals surface area contributed by atoms with Gasteiger partial charge in [0.2, 0.25) is 0 Å². The summed E-state index contributed by atoms with van der Waals surface area (Å²) in [6.45, 7) is 9.66. The smallest absolute Gasteiger partial charge is 0.150 e. The standard InChI is InChI=1S/C15H22N2O/c1-12-9-14(6-5-13(12)10-18)17-8-7-16(4)15(2,3)11-17/h5-6,9-10H,7-8,11H2,1-4H3. The molecule has 0 aromatic heterocycles. The van der Waals surface area contributed by atoms with E-state index < -0.39 is 0 Å². The van der Waals surface area contributed by atoms with E-state index in [1.807, 2.05) is 13.0 Å². The van der Waals surface area contributed by atoms with E-state index in [0.29, 0.717) is 0 Å². The van der Waals surface area contributed by atoms with Crippen LogP contribution in [0, 0.1) is 6.92 Å². The summed E-state index contributed by atoms with van der Waals surface area (Å²) in [5.74, 6) is 0. The van der Waals surface area contributed by atoms with E-state index in [-0.39, 0.29) is 5.54 Å². The van der Waals surface area contributed by atoms with E-state index in [1.165, 1.54) is 5.69 Å². The molecule has 0 aliphatic carbocycles. The van der Waals surface area contributed by atoms with Crippen LogP contribution in [0.15, 0.2) is 18.2 Å². The van der Waals surface area contributed by atoms with Gasteiger partial charge in [0.15, 0.2) is 0 Å². The molecule has 18 heavy (non-hydrogen) atoms. The highest BCUT2D eigenvalue weighted by molar-refractivity contribution is 5.78. The van der Waals surface area contributed by atoms with Gasteiger partial charge in [-0.1, -0.05) is 0 Å². The van der Waals surface area contributed by atoms with E-state index in [4.69, 9.17) is 0 Å². The van der Waals surface area contributed by atoms with Gasteiger partial charge in [-0.15, -0.1) is 0 Å². The third-order valence-electron chi connectivity index (χ3n) is 4.06. The first-order valence-corrected chi connectivity index (χ1v) is 6.46. The van der Waals surface area contributed by atoms with Crippen LogP contribution in [-0.4, -0.2) is 43.4 Å². The Balaban J connectivity index is 2.22. The van der Waals surface area contributed by atoms with Crippen LogP contribution in [0.25, 0.3) is 0 Å². The van der Waals surface area contributed by atoms with Crippen LogP contribution in [-0.2, 0) is 0 Å². The predicted octanol–water partition coefficient (Wildman–Crippen LogP) is 2.34. The van der Waals surface area contributed by atoms with E-state index in [9.17, 15) is 4.79 Å². The maximum atomic E-state index is 10.8. The van der Waals surface area contributed by atoms with Crippen molar-refractivity contribution in [1.29, 1.82) is 0 Å². The molecule has 2 rings (SSSR count). The van der Waals surface area contributed by atoms with Crippen molar-refractivity contribution >= 4 is 12.0 Å². The van der Waals surface area contributed by atoms with Crippen molar-refractivity contribution in [2.75, 3.05) is 31.6 Å². The lowest BCUT2D eigenvalue weighted by Gasteiger charge is -2.46. The summed E-state index contributed by atoms with van der Waals surface area (Å²) in [4.78, 5) is 15.6. The molecule has 3 heteroatoms. The highest BCUT2D eigenvalue weighted by atomic mass is 16.1. The zero-order chi connectivity index (χ0) is 13.3. The number of aldehydes is 1. The molecule has 0 radical (unpaired) electrons. The highest BCUT2D eigenvalue weighted by Crippen LogP contribution is 2.25. The molecule has 1 fully saturated rings. The number of carbonyl (C=O) groups excluding carboxylic acids is 1. The maximum Gasteiger partial charge on any atom is 0.150 e. The molecule has 1 aromatic carbocycles. The van der Waals surface area contributed by atoms with Crippen LogP contribution >= 0.6 is 0 Å². The maximum absolute atomic E-state index is 10.8. The fourth-order valence-corrected chi connectivity index (χ4v) is 2.45. The first-order valence-electron chi connectivity index (χ1n) is 6.46. The Kier molecular flexibility index (Phi) is 3.44. The SMILES string of the molecule is Cc1cc(N2CCN(C)C(C)(C)C2)ccc1C=O. The average Bonchev–Trinajstić information content (AvgIpc) is 2.32. The average molecular weight is 246 g/mol. The molecule has 1 aromatic rings. The Hall–Kier alpha value is -1.35. The summed E-state index contributed by atoms with van der Waals surface area (Å²) in [6, 6.07) is 6.09. The van der Waals surface area contributed by atoms with Crippen molar-refractivity contribution in [3.63, 3.8) is 0 Å². The molecule has 0 saturated carbocycles. The molecule has 0 N–H and O–H groups in total. The van der Waals surface area contributed by atoms with Gasteiger partial charge in [0.05, 0.1) is 0 Å². The second-order valence-corrected chi connectivity index (χ2v) is 5.81. The van der Waals surface area contributed by atoms with Crippen LogP contribution in [0.4, 0.5) is 5.69 Å². The summed E-state index contributed by atoms with van der Waals surface area (Å²) in [6.07, 6.45) is 0.924. The molecule has 1 aliphatic heterocycles. The minimum atomic E-state index is 0.190. The largest absolute Gasteiger partial charge is 0.368 e. The second-order valence-electron chi connectivity index (χ2n) is 5.81. The third-order valence-corrected chi connectivity index (χ3v) is 4.06. The summed E-state index contributed by atoms with van der Waals surface area (Å²) in [5, 5.41) is 0. The van der Waals surface area contributed by atoms with Gasteiger partial charge in [-0.25, -0.2) is 0 Å². The van der Waals surface area contributed by atoms with E-state index in [0.717, 1.165) is 37.0 Å². The fourth-order valence-electron chi connectivity index (χ4n) is 2.45. The zero-order valence-corrected chi connectivity index (χ0v) is 11.7. The van der Waals surface area contributed by atoms with Crippen LogP contribution in [0.1, 0.15) is 29.8 Å². The van der Waals surface area contributed by atoms with Gasteiger partial charge in [0, 0.05) is 36.4 Å². The molecule has 0 unspecified atom stereocenters. The van der Waals surface area contributed by atoms with Gasteiger partial charge in [-0.2, -0.15) is 0 Å². The molecule has 0 amide bonds. The first-order chi connectivity index (χ1) is 8.44. The van der Waals surface area contributed by atoms with Crippen molar-refractivity contribution in [2.45, 2.75) is 26.3 Å². The Morgan fingerprint density at radius 1 is 1.28 bits per heavy atom. The number of likely N-dealkylation sites (N-methyl/N-ethyl adjacent to an activating group) is 1. The van der Waals surface area contributed by atoms with E-state index in [2.05, 4.69) is 42.8 Å². The van der Waals surface area contributed by atoms with Crippen LogP contribution in [0.3, 0.4) is 0 Å². The molecule has 1 saturated heterocycles. The summed E-state index contributed by atoms with van der Waals surface area (Å²) < 4.78 is 0. The Morgan fingerprint density at radius 3 is 2.56 bits per heavy atom. The van der Waals surface area contributed by atoms with Gasteiger partial charge in [0.25, 0.3) is 0 Å². The Morgan fingerprint density at radius 2 is 2.00 bits per heavy atom. The highest BCUT2D eigenvalue weighted by Gasteiger charge is 2.31. The molecule has 0 atom stereocenters. The van der Waals surface area contributed by atoms with Gasteiger partial charge in [0.1, 0.15) is 6.29 Å². The molecule has 98 valence electrons. The molecule has 0 bridgehead atoms. The van der Waals surface area contributed by atoms with Crippen molar-refractivity contribution in [3.8, 4) is 0 Å². The Labute approximate surface area is 109 Å². The van der Waals surface area contributed by atoms with E-state index in [1.54, 1.807) is 0 Å². The van der Waals surface area contributed by atoms with Gasteiger partial charge in [-0.3, -0.25) is 9.69 Å². The number of piperazine rings is 1. The van der Waals surface area contributed by atoms with Gasteiger partial charge < -0.3 is 4.90 Å². The Bertz CT molecular complexity index is 454. The molecule has 0 spiro atoms. The number of hydrogen-bond acceptors (Lipinski definition) is 3. The summed E-state index contributed by atoms with van der Waals surface area (Å²) >= 11 is 0. The molecule has 3 nitrogen and oxygen atoms in total. The quantitative estimate of drug-likeness (QED) is 0.748. The van der Waals surface area contributed by atoms with Crippen LogP contribution in [0.2, 0.25) is 0 Å². The van der Waals surface area contributed by atoms with Crippen molar-refractivity contribution in [3.05, 3.63) is 29.3 Å². The normalized spacial score (nSPS) is 19.9. The number of aryl methyl sites for hydroxylation is 1. The summed E-state index contributed by atoms with van der Waals surface area (Å²) in [7, 11) is 2.18. The van der Waals surface area contributed by atoms with Crippen molar-refractivity contribution < 1.29 is 4.79 Å². The molecular formula is C15H22N2O. The first kappa shape index (κ1) is 13.1. The van der Waals surface area contributed by atoms with Crippen LogP contribution in [0.5, 0.6) is 0 Å². The second kappa shape index (κ2) is 4.73. The number of hydrogen-bond donors (Lipinski definition) is 0. The number of anilines is 1.